The highest BCUT2D eigenvalue weighted by molar-refractivity contribution is 9.10. The Kier molecular flexibility index (Phi) is 5.50. The summed E-state index contributed by atoms with van der Waals surface area (Å²) in [7, 11) is 3.33. The Labute approximate surface area is 219 Å². The van der Waals surface area contributed by atoms with Gasteiger partial charge in [0.05, 0.1) is 30.8 Å². The van der Waals surface area contributed by atoms with Gasteiger partial charge in [0.1, 0.15) is 17.3 Å². The lowest BCUT2D eigenvalue weighted by molar-refractivity contribution is 0.395. The number of methoxy groups -OCH3 is 2. The van der Waals surface area contributed by atoms with Crippen molar-refractivity contribution >= 4 is 64.4 Å². The Morgan fingerprint density at radius 3 is 2.06 bits per heavy atom. The van der Waals surface area contributed by atoms with Crippen molar-refractivity contribution in [3.8, 4) is 28.6 Å². The minimum absolute atomic E-state index is 0.702. The molecule has 6 rings (SSSR count). The highest BCUT2D eigenvalue weighted by Crippen LogP contribution is 2.42. The van der Waals surface area contributed by atoms with Crippen LogP contribution < -0.4 is 9.47 Å². The monoisotopic (exact) mass is 586 g/mol. The smallest absolute Gasteiger partial charge is 0.149 e. The molecule has 0 radical (unpaired) electrons. The van der Waals surface area contributed by atoms with E-state index in [1.807, 2.05) is 36.4 Å². The third-order valence-electron chi connectivity index (χ3n) is 6.31. The minimum atomic E-state index is 0.702. The predicted molar refractivity (Wildman–Crippen MR) is 150 cm³/mol. The van der Waals surface area contributed by atoms with Crippen LogP contribution in [0.4, 0.5) is 0 Å². The van der Waals surface area contributed by atoms with Crippen LogP contribution in [0.3, 0.4) is 0 Å². The number of fused-ring (bicyclic) bond motifs is 6. The molecule has 5 aromatic carbocycles. The predicted octanol–water partition coefficient (Wildman–Crippen LogP) is 8.54. The van der Waals surface area contributed by atoms with Crippen molar-refractivity contribution in [2.24, 2.45) is 0 Å². The average molecular weight is 588 g/mol. The van der Waals surface area contributed by atoms with Gasteiger partial charge < -0.3 is 9.47 Å². The van der Waals surface area contributed by atoms with Crippen molar-refractivity contribution in [3.63, 3.8) is 0 Å². The first kappa shape index (κ1) is 22.1. The van der Waals surface area contributed by atoms with Crippen molar-refractivity contribution in [1.82, 2.24) is 9.55 Å². The van der Waals surface area contributed by atoms with Crippen LogP contribution in [0.15, 0.2) is 93.9 Å². The third kappa shape index (κ3) is 3.60. The van der Waals surface area contributed by atoms with E-state index in [1.54, 1.807) is 14.2 Å². The van der Waals surface area contributed by atoms with E-state index in [0.717, 1.165) is 59.0 Å². The second kappa shape index (κ2) is 8.70. The topological polar surface area (TPSA) is 36.3 Å². The molecule has 1 aromatic heterocycles. The standard InChI is InChI=1S/C29H20Br2N2O2/c1-34-20-10-13-23(26(16-20)35-2)29-32-27-24-14-17(30)8-11-21(24)22-12-9-18(31)15-25(22)28(27)33(29)19-6-4-3-5-7-19/h3-16H,1-2H3. The maximum absolute atomic E-state index is 5.79. The maximum atomic E-state index is 5.79. The molecule has 0 fully saturated rings. The molecule has 0 N–H and O–H groups in total. The second-order valence-electron chi connectivity index (χ2n) is 8.25. The lowest BCUT2D eigenvalue weighted by atomic mass is 10.00. The molecule has 0 spiro atoms. The fourth-order valence-corrected chi connectivity index (χ4v) is 5.47. The fraction of sp³-hybridized carbons (Fsp3) is 0.0690. The van der Waals surface area contributed by atoms with Gasteiger partial charge in [0.15, 0.2) is 0 Å². The number of ether oxygens (including phenoxy) is 2. The Morgan fingerprint density at radius 1 is 0.686 bits per heavy atom. The molecule has 172 valence electrons. The van der Waals surface area contributed by atoms with Crippen LogP contribution in [0.25, 0.3) is 49.7 Å². The lowest BCUT2D eigenvalue weighted by Gasteiger charge is -2.14. The molecule has 0 saturated heterocycles. The van der Waals surface area contributed by atoms with Crippen molar-refractivity contribution in [2.45, 2.75) is 0 Å². The number of imidazole rings is 1. The molecule has 6 aromatic rings. The van der Waals surface area contributed by atoms with E-state index in [1.165, 1.54) is 5.39 Å². The molecule has 0 saturated carbocycles. The van der Waals surface area contributed by atoms with Crippen LogP contribution in [-0.4, -0.2) is 23.8 Å². The molecule has 0 amide bonds. The van der Waals surface area contributed by atoms with Crippen LogP contribution in [0.2, 0.25) is 0 Å². The molecule has 4 nitrogen and oxygen atoms in total. The Bertz CT molecular complexity index is 1740. The van der Waals surface area contributed by atoms with Gasteiger partial charge in [0.25, 0.3) is 0 Å². The fourth-order valence-electron chi connectivity index (χ4n) is 4.74. The summed E-state index contributed by atoms with van der Waals surface area (Å²) in [6, 6.07) is 29.0. The second-order valence-corrected chi connectivity index (χ2v) is 10.1. The minimum Gasteiger partial charge on any atom is -0.497 e. The van der Waals surface area contributed by atoms with Crippen LogP contribution in [0.1, 0.15) is 0 Å². The van der Waals surface area contributed by atoms with Gasteiger partial charge in [-0.1, -0.05) is 62.2 Å². The first-order valence-corrected chi connectivity index (χ1v) is 12.7. The molecular formula is C29H20Br2N2O2. The molecule has 0 aliphatic rings. The molecule has 35 heavy (non-hydrogen) atoms. The molecule has 0 unspecified atom stereocenters. The number of hydrogen-bond acceptors (Lipinski definition) is 3. The molecule has 0 atom stereocenters. The maximum Gasteiger partial charge on any atom is 0.149 e. The zero-order chi connectivity index (χ0) is 24.1. The van der Waals surface area contributed by atoms with Crippen molar-refractivity contribution in [1.29, 1.82) is 0 Å². The molecule has 0 aliphatic heterocycles. The number of benzene rings is 5. The summed E-state index contributed by atoms with van der Waals surface area (Å²) in [4.78, 5) is 5.28. The average Bonchev–Trinajstić information content (AvgIpc) is 3.29. The van der Waals surface area contributed by atoms with Gasteiger partial charge in [0.2, 0.25) is 0 Å². The van der Waals surface area contributed by atoms with Gasteiger partial charge in [-0.15, -0.1) is 0 Å². The summed E-state index contributed by atoms with van der Waals surface area (Å²) >= 11 is 7.37. The summed E-state index contributed by atoms with van der Waals surface area (Å²) in [6.07, 6.45) is 0. The summed E-state index contributed by atoms with van der Waals surface area (Å²) in [6.45, 7) is 0. The molecule has 6 heteroatoms. The number of aromatic nitrogens is 2. The number of hydrogen-bond donors (Lipinski definition) is 0. The van der Waals surface area contributed by atoms with E-state index < -0.39 is 0 Å². The van der Waals surface area contributed by atoms with E-state index in [0.29, 0.717) is 5.75 Å². The first-order chi connectivity index (χ1) is 17.1. The lowest BCUT2D eigenvalue weighted by Crippen LogP contribution is -2.00. The van der Waals surface area contributed by atoms with E-state index in [4.69, 9.17) is 14.5 Å². The summed E-state index contributed by atoms with van der Waals surface area (Å²) < 4.78 is 15.5. The van der Waals surface area contributed by atoms with Gasteiger partial charge in [-0.3, -0.25) is 4.57 Å². The van der Waals surface area contributed by atoms with Gasteiger partial charge in [-0.2, -0.15) is 0 Å². The normalized spacial score (nSPS) is 11.4. The zero-order valence-corrected chi connectivity index (χ0v) is 22.2. The summed E-state index contributed by atoms with van der Waals surface area (Å²) in [5, 5.41) is 4.55. The van der Waals surface area contributed by atoms with Gasteiger partial charge >= 0.3 is 0 Å². The molecular weight excluding hydrogens is 568 g/mol. The van der Waals surface area contributed by atoms with E-state index >= 15 is 0 Å². The molecule has 0 aliphatic carbocycles. The number of halogens is 2. The third-order valence-corrected chi connectivity index (χ3v) is 7.29. The Morgan fingerprint density at radius 2 is 1.37 bits per heavy atom. The molecule has 1 heterocycles. The highest BCUT2D eigenvalue weighted by atomic mass is 79.9. The highest BCUT2D eigenvalue weighted by Gasteiger charge is 2.22. The number of rotatable bonds is 4. The van der Waals surface area contributed by atoms with Crippen LogP contribution in [0.5, 0.6) is 11.5 Å². The van der Waals surface area contributed by atoms with E-state index in [-0.39, 0.29) is 0 Å². The quantitative estimate of drug-likeness (QED) is 0.194. The van der Waals surface area contributed by atoms with Crippen LogP contribution >= 0.6 is 31.9 Å². The number of nitrogens with zero attached hydrogens (tertiary/aromatic N) is 2. The summed E-state index contributed by atoms with van der Waals surface area (Å²) in [5.74, 6) is 2.24. The van der Waals surface area contributed by atoms with Crippen molar-refractivity contribution in [3.05, 3.63) is 93.9 Å². The van der Waals surface area contributed by atoms with E-state index in [2.05, 4.69) is 85.0 Å². The van der Waals surface area contributed by atoms with E-state index in [9.17, 15) is 0 Å². The van der Waals surface area contributed by atoms with Gasteiger partial charge in [0, 0.05) is 31.5 Å². The van der Waals surface area contributed by atoms with Gasteiger partial charge in [-0.05, 0) is 59.3 Å². The number of para-hydroxylation sites is 1. The van der Waals surface area contributed by atoms with Crippen LogP contribution in [-0.2, 0) is 0 Å². The Hall–Kier alpha value is -3.35. The van der Waals surface area contributed by atoms with Crippen molar-refractivity contribution < 1.29 is 9.47 Å². The Balaban J connectivity index is 1.86. The SMILES string of the molecule is COc1ccc(-c2nc3c4cc(Br)ccc4c4ccc(Br)cc4c3n2-c2ccccc2)c(OC)c1. The first-order valence-electron chi connectivity index (χ1n) is 11.1. The largest absolute Gasteiger partial charge is 0.497 e. The summed E-state index contributed by atoms with van der Waals surface area (Å²) in [5.41, 5.74) is 3.90. The zero-order valence-electron chi connectivity index (χ0n) is 19.0. The molecule has 0 bridgehead atoms. The van der Waals surface area contributed by atoms with Gasteiger partial charge in [-0.25, -0.2) is 4.98 Å². The van der Waals surface area contributed by atoms with Crippen LogP contribution in [0, 0.1) is 0 Å². The van der Waals surface area contributed by atoms with Crippen molar-refractivity contribution in [2.75, 3.05) is 14.2 Å².